The van der Waals surface area contributed by atoms with Crippen LogP contribution in [0.2, 0.25) is 5.02 Å². The van der Waals surface area contributed by atoms with Gasteiger partial charge in [-0.15, -0.1) is 0 Å². The summed E-state index contributed by atoms with van der Waals surface area (Å²) in [6.07, 6.45) is 4.99. The first kappa shape index (κ1) is 22.3. The molecule has 0 saturated carbocycles. The van der Waals surface area contributed by atoms with E-state index >= 15 is 0 Å². The summed E-state index contributed by atoms with van der Waals surface area (Å²) < 4.78 is 2.17. The van der Waals surface area contributed by atoms with Crippen molar-refractivity contribution in [3.8, 4) is 5.69 Å². The van der Waals surface area contributed by atoms with E-state index in [9.17, 15) is 4.79 Å². The maximum absolute atomic E-state index is 13.0. The summed E-state index contributed by atoms with van der Waals surface area (Å²) in [6.45, 7) is 10.3. The second kappa shape index (κ2) is 8.47. The Hall–Kier alpha value is -2.21. The maximum atomic E-state index is 13.0. The molecule has 4 heterocycles. The highest BCUT2D eigenvalue weighted by Crippen LogP contribution is 2.47. The lowest BCUT2D eigenvalue weighted by atomic mass is 9.76. The predicted molar refractivity (Wildman–Crippen MR) is 138 cm³/mol. The molecule has 1 N–H and O–H groups in total. The SMILES string of the molecule is CC1(C)c2c(C3CCN(CC4CCNCC4)CC3)cccc2-n2c1nc(=O)c1c(Cl)cccc12. The standard InChI is InChI=1S/C28H33ClN4O/c1-28(2)25-20(19-11-15-32(16-12-19)17-18-9-13-30-14-10-18)5-3-8-23(25)33-22-7-4-6-21(29)24(22)26(34)31-27(28)33/h3-8,18-19,30H,9-17H2,1-2H3. The van der Waals surface area contributed by atoms with E-state index in [4.69, 9.17) is 11.6 Å². The highest BCUT2D eigenvalue weighted by atomic mass is 35.5. The van der Waals surface area contributed by atoms with E-state index in [1.165, 1.54) is 69.5 Å². The van der Waals surface area contributed by atoms with E-state index in [1.54, 1.807) is 6.07 Å². The minimum atomic E-state index is -0.339. The van der Waals surface area contributed by atoms with Crippen LogP contribution in [0.15, 0.2) is 41.2 Å². The minimum Gasteiger partial charge on any atom is -0.317 e. The molecule has 3 aliphatic rings. The number of likely N-dealkylation sites (tertiary alicyclic amines) is 1. The van der Waals surface area contributed by atoms with Gasteiger partial charge in [-0.2, -0.15) is 4.98 Å². The molecule has 2 fully saturated rings. The molecule has 0 radical (unpaired) electrons. The van der Waals surface area contributed by atoms with Crippen LogP contribution in [0, 0.1) is 5.92 Å². The summed E-state index contributed by atoms with van der Waals surface area (Å²) in [5, 5.41) is 4.46. The van der Waals surface area contributed by atoms with Gasteiger partial charge in [0.25, 0.3) is 5.56 Å². The zero-order valence-electron chi connectivity index (χ0n) is 20.1. The molecule has 0 unspecified atom stereocenters. The topological polar surface area (TPSA) is 50.2 Å². The average molecular weight is 477 g/mol. The van der Waals surface area contributed by atoms with Crippen LogP contribution in [-0.2, 0) is 5.41 Å². The quantitative estimate of drug-likeness (QED) is 0.586. The van der Waals surface area contributed by atoms with Crippen molar-refractivity contribution in [1.82, 2.24) is 19.8 Å². The van der Waals surface area contributed by atoms with Gasteiger partial charge in [0.15, 0.2) is 0 Å². The van der Waals surface area contributed by atoms with Crippen LogP contribution in [0.3, 0.4) is 0 Å². The summed E-state index contributed by atoms with van der Waals surface area (Å²) >= 11 is 6.44. The van der Waals surface area contributed by atoms with Crippen molar-refractivity contribution >= 4 is 22.5 Å². The summed E-state index contributed by atoms with van der Waals surface area (Å²) in [5.74, 6) is 2.20. The smallest absolute Gasteiger partial charge is 0.282 e. The molecule has 0 bridgehead atoms. The molecular formula is C28H33ClN4O. The molecule has 3 aliphatic heterocycles. The van der Waals surface area contributed by atoms with Crippen molar-refractivity contribution in [3.05, 3.63) is 68.7 Å². The number of rotatable bonds is 3. The minimum absolute atomic E-state index is 0.236. The number of nitrogens with zero attached hydrogens (tertiary/aromatic N) is 3. The number of nitrogens with one attached hydrogen (secondary N) is 1. The maximum Gasteiger partial charge on any atom is 0.282 e. The van der Waals surface area contributed by atoms with Crippen molar-refractivity contribution in [3.63, 3.8) is 0 Å². The number of aromatic nitrogens is 2. The number of piperidine rings is 2. The van der Waals surface area contributed by atoms with Gasteiger partial charge in [0, 0.05) is 6.54 Å². The number of fused-ring (bicyclic) bond motifs is 5. The Bertz CT molecular complexity index is 1300. The molecule has 6 heteroatoms. The van der Waals surface area contributed by atoms with E-state index in [0.29, 0.717) is 16.3 Å². The van der Waals surface area contributed by atoms with Gasteiger partial charge in [-0.05, 0) is 107 Å². The monoisotopic (exact) mass is 476 g/mol. The lowest BCUT2D eigenvalue weighted by molar-refractivity contribution is 0.167. The third-order valence-electron chi connectivity index (χ3n) is 8.37. The van der Waals surface area contributed by atoms with Crippen LogP contribution in [0.1, 0.15) is 62.4 Å². The first-order chi connectivity index (χ1) is 16.4. The summed E-state index contributed by atoms with van der Waals surface area (Å²) in [6, 6.07) is 12.3. The Morgan fingerprint density at radius 1 is 1.06 bits per heavy atom. The molecule has 0 amide bonds. The Morgan fingerprint density at radius 2 is 1.79 bits per heavy atom. The van der Waals surface area contributed by atoms with E-state index in [1.807, 2.05) is 12.1 Å². The molecule has 5 nitrogen and oxygen atoms in total. The number of halogens is 1. The summed E-state index contributed by atoms with van der Waals surface area (Å²) in [5.41, 5.74) is 4.18. The van der Waals surface area contributed by atoms with Gasteiger partial charge in [0.2, 0.25) is 0 Å². The van der Waals surface area contributed by atoms with E-state index in [2.05, 4.69) is 51.8 Å². The molecule has 3 aromatic rings. The third-order valence-corrected chi connectivity index (χ3v) is 8.68. The van der Waals surface area contributed by atoms with Crippen molar-refractivity contribution in [2.75, 3.05) is 32.7 Å². The number of hydrogen-bond acceptors (Lipinski definition) is 4. The van der Waals surface area contributed by atoms with Gasteiger partial charge < -0.3 is 10.2 Å². The first-order valence-corrected chi connectivity index (χ1v) is 13.1. The fourth-order valence-electron chi connectivity index (χ4n) is 6.62. The van der Waals surface area contributed by atoms with Gasteiger partial charge >= 0.3 is 0 Å². The van der Waals surface area contributed by atoms with Crippen molar-refractivity contribution < 1.29 is 0 Å². The van der Waals surface area contributed by atoms with Crippen molar-refractivity contribution in [2.24, 2.45) is 5.92 Å². The second-order valence-electron chi connectivity index (χ2n) is 10.8. The van der Waals surface area contributed by atoms with Gasteiger partial charge in [0.1, 0.15) is 5.82 Å². The molecule has 0 aliphatic carbocycles. The van der Waals surface area contributed by atoms with Gasteiger partial charge in [-0.3, -0.25) is 9.36 Å². The lowest BCUT2D eigenvalue weighted by Crippen LogP contribution is -2.40. The lowest BCUT2D eigenvalue weighted by Gasteiger charge is -2.36. The van der Waals surface area contributed by atoms with Crippen LogP contribution >= 0.6 is 11.6 Å². The van der Waals surface area contributed by atoms with Crippen LogP contribution in [0.25, 0.3) is 16.6 Å². The predicted octanol–water partition coefficient (Wildman–Crippen LogP) is 4.86. The largest absolute Gasteiger partial charge is 0.317 e. The van der Waals surface area contributed by atoms with E-state index in [0.717, 1.165) is 22.9 Å². The molecule has 34 heavy (non-hydrogen) atoms. The molecule has 0 spiro atoms. The second-order valence-corrected chi connectivity index (χ2v) is 11.3. The molecule has 2 aromatic carbocycles. The van der Waals surface area contributed by atoms with E-state index in [-0.39, 0.29) is 11.0 Å². The zero-order chi connectivity index (χ0) is 23.4. The summed E-state index contributed by atoms with van der Waals surface area (Å²) in [4.78, 5) is 20.2. The zero-order valence-corrected chi connectivity index (χ0v) is 20.9. The molecule has 2 saturated heterocycles. The number of benzene rings is 2. The Balaban J connectivity index is 1.35. The normalized spacial score (nSPS) is 21.0. The fraction of sp³-hybridized carbons (Fsp3) is 0.500. The number of hydrogen-bond donors (Lipinski definition) is 1. The third kappa shape index (κ3) is 3.52. The van der Waals surface area contributed by atoms with Crippen molar-refractivity contribution in [1.29, 1.82) is 0 Å². The Morgan fingerprint density at radius 3 is 2.56 bits per heavy atom. The highest BCUT2D eigenvalue weighted by molar-refractivity contribution is 6.35. The van der Waals surface area contributed by atoms with E-state index < -0.39 is 0 Å². The van der Waals surface area contributed by atoms with Crippen LogP contribution in [0.4, 0.5) is 0 Å². The summed E-state index contributed by atoms with van der Waals surface area (Å²) in [7, 11) is 0. The molecular weight excluding hydrogens is 444 g/mol. The fourth-order valence-corrected chi connectivity index (χ4v) is 6.87. The van der Waals surface area contributed by atoms with Crippen LogP contribution in [0.5, 0.6) is 0 Å². The highest BCUT2D eigenvalue weighted by Gasteiger charge is 2.41. The van der Waals surface area contributed by atoms with Crippen LogP contribution in [-0.4, -0.2) is 47.2 Å². The van der Waals surface area contributed by atoms with Gasteiger partial charge in [0.05, 0.1) is 27.0 Å². The van der Waals surface area contributed by atoms with Gasteiger partial charge in [-0.25, -0.2) is 0 Å². The molecule has 0 atom stereocenters. The molecule has 1 aromatic heterocycles. The van der Waals surface area contributed by atoms with Crippen molar-refractivity contribution in [2.45, 2.75) is 50.9 Å². The Labute approximate surface area is 206 Å². The molecule has 6 rings (SSSR count). The van der Waals surface area contributed by atoms with Gasteiger partial charge in [-0.1, -0.05) is 29.8 Å². The average Bonchev–Trinajstić information content (AvgIpc) is 3.07. The first-order valence-electron chi connectivity index (χ1n) is 12.7. The Kier molecular flexibility index (Phi) is 5.55. The molecule has 178 valence electrons. The van der Waals surface area contributed by atoms with Crippen LogP contribution < -0.4 is 10.9 Å².